The third-order valence-electron chi connectivity index (χ3n) is 8.71. The van der Waals surface area contributed by atoms with E-state index in [4.69, 9.17) is 39.6 Å². The van der Waals surface area contributed by atoms with Crippen LogP contribution in [-0.4, -0.2) is 66.6 Å². The lowest BCUT2D eigenvalue weighted by molar-refractivity contribution is -0.226. The van der Waals surface area contributed by atoms with Gasteiger partial charge in [-0.15, -0.1) is 6.42 Å². The maximum atomic E-state index is 12.6. The van der Waals surface area contributed by atoms with Gasteiger partial charge >= 0.3 is 11.9 Å². The van der Waals surface area contributed by atoms with Gasteiger partial charge in [0.1, 0.15) is 29.8 Å². The van der Waals surface area contributed by atoms with Gasteiger partial charge in [0.05, 0.1) is 31.8 Å². The molecule has 2 aromatic carbocycles. The maximum Gasteiger partial charge on any atom is 0.303 e. The van der Waals surface area contributed by atoms with Gasteiger partial charge in [-0.1, -0.05) is 66.6 Å². The Morgan fingerprint density at radius 3 is 1.98 bits per heavy atom. The minimum atomic E-state index is -1.30. The second-order valence-electron chi connectivity index (χ2n) is 11.9. The van der Waals surface area contributed by atoms with Crippen LogP contribution in [0.1, 0.15) is 38.8 Å². The van der Waals surface area contributed by atoms with Crippen LogP contribution < -0.4 is 0 Å². The van der Waals surface area contributed by atoms with E-state index in [1.807, 2.05) is 74.5 Å². The first-order valence-electron chi connectivity index (χ1n) is 14.2. The molecular formula is C33H36O9. The van der Waals surface area contributed by atoms with Gasteiger partial charge in [-0.25, -0.2) is 0 Å². The van der Waals surface area contributed by atoms with E-state index in [1.54, 1.807) is 0 Å². The summed E-state index contributed by atoms with van der Waals surface area (Å²) in [4.78, 5) is 25.2. The average Bonchev–Trinajstić information content (AvgIpc) is 3.52. The molecule has 0 unspecified atom stereocenters. The molecule has 2 heterocycles. The van der Waals surface area contributed by atoms with E-state index >= 15 is 0 Å². The largest absolute Gasteiger partial charge is 0.459 e. The maximum absolute atomic E-state index is 12.6. The molecule has 42 heavy (non-hydrogen) atoms. The number of epoxide rings is 1. The minimum absolute atomic E-state index is 0.0800. The lowest BCUT2D eigenvalue weighted by atomic mass is 9.60. The van der Waals surface area contributed by atoms with Crippen molar-refractivity contribution in [3.63, 3.8) is 0 Å². The van der Waals surface area contributed by atoms with Gasteiger partial charge in [0.15, 0.2) is 17.5 Å². The van der Waals surface area contributed by atoms with Gasteiger partial charge in [-0.3, -0.25) is 9.59 Å². The van der Waals surface area contributed by atoms with E-state index in [0.717, 1.165) is 11.1 Å². The summed E-state index contributed by atoms with van der Waals surface area (Å²) in [6.07, 6.45) is 1.85. The number of rotatable bonds is 9. The number of ether oxygens (including phenoxy) is 7. The fourth-order valence-corrected chi connectivity index (χ4v) is 7.18. The van der Waals surface area contributed by atoms with Gasteiger partial charge < -0.3 is 33.2 Å². The molecule has 0 bridgehead atoms. The van der Waals surface area contributed by atoms with E-state index < -0.39 is 71.3 Å². The Bertz CT molecular complexity index is 1350. The Morgan fingerprint density at radius 1 is 0.810 bits per heavy atom. The highest BCUT2D eigenvalue weighted by Gasteiger charge is 2.85. The minimum Gasteiger partial charge on any atom is -0.459 e. The Kier molecular flexibility index (Phi) is 7.40. The van der Waals surface area contributed by atoms with Crippen LogP contribution in [0.15, 0.2) is 60.7 Å². The first kappa shape index (κ1) is 28.8. The number of carbonyl (C=O) groups is 2. The van der Waals surface area contributed by atoms with Crippen LogP contribution in [0.2, 0.25) is 0 Å². The molecule has 9 heteroatoms. The molecule has 2 aliphatic carbocycles. The van der Waals surface area contributed by atoms with E-state index in [2.05, 4.69) is 5.92 Å². The van der Waals surface area contributed by atoms with Crippen LogP contribution >= 0.6 is 0 Å². The van der Waals surface area contributed by atoms with Crippen molar-refractivity contribution >= 4 is 11.9 Å². The third kappa shape index (κ3) is 4.81. The van der Waals surface area contributed by atoms with Gasteiger partial charge in [-0.2, -0.15) is 0 Å². The van der Waals surface area contributed by atoms with Crippen molar-refractivity contribution < 1.29 is 42.7 Å². The van der Waals surface area contributed by atoms with Crippen molar-refractivity contribution in [1.29, 1.82) is 0 Å². The molecule has 4 fully saturated rings. The Labute approximate surface area is 245 Å². The zero-order valence-corrected chi connectivity index (χ0v) is 24.2. The quantitative estimate of drug-likeness (QED) is 0.252. The van der Waals surface area contributed by atoms with Crippen LogP contribution in [0.4, 0.5) is 0 Å². The van der Waals surface area contributed by atoms with E-state index in [0.29, 0.717) is 6.61 Å². The second-order valence-corrected chi connectivity index (χ2v) is 11.9. The molecule has 2 aliphatic heterocycles. The average molecular weight is 577 g/mol. The number of fused-ring (bicyclic) bond motifs is 4. The molecule has 0 N–H and O–H groups in total. The predicted octanol–water partition coefficient (Wildman–Crippen LogP) is 3.57. The van der Waals surface area contributed by atoms with E-state index in [1.165, 1.54) is 13.8 Å². The number of hydrogen-bond donors (Lipinski definition) is 0. The Balaban J connectivity index is 1.41. The van der Waals surface area contributed by atoms with Crippen LogP contribution in [0.25, 0.3) is 0 Å². The number of benzene rings is 2. The summed E-state index contributed by atoms with van der Waals surface area (Å²) in [6, 6.07) is 19.4. The molecule has 2 aromatic rings. The highest BCUT2D eigenvalue weighted by atomic mass is 16.8. The molecule has 0 spiro atoms. The van der Waals surface area contributed by atoms with Gasteiger partial charge in [0, 0.05) is 13.8 Å². The SMILES string of the molecule is C#C[C@@]12[C@@H]([C@H]3OC(C)(C)O[C@H]3[C@H]1OCc1ccccc1)[C@@H](OC(C)=O)[C@]1(COCc3ccccc3)O[C@@H]1[C@H]2OC(C)=O. The van der Waals surface area contributed by atoms with Gasteiger partial charge in [0.25, 0.3) is 0 Å². The summed E-state index contributed by atoms with van der Waals surface area (Å²) in [5.41, 5.74) is -0.493. The van der Waals surface area contributed by atoms with Crippen molar-refractivity contribution in [1.82, 2.24) is 0 Å². The Morgan fingerprint density at radius 2 is 1.38 bits per heavy atom. The van der Waals surface area contributed by atoms with Crippen molar-refractivity contribution in [3.05, 3.63) is 71.8 Å². The van der Waals surface area contributed by atoms with E-state index in [9.17, 15) is 9.59 Å². The molecule has 0 radical (unpaired) electrons. The number of esters is 2. The smallest absolute Gasteiger partial charge is 0.303 e. The van der Waals surface area contributed by atoms with Gasteiger partial charge in [-0.05, 0) is 25.0 Å². The normalized spacial score (nSPS) is 37.1. The van der Waals surface area contributed by atoms with Crippen molar-refractivity contribution in [2.45, 2.75) is 88.9 Å². The highest BCUT2D eigenvalue weighted by Crippen LogP contribution is 2.67. The third-order valence-corrected chi connectivity index (χ3v) is 8.71. The molecular weight excluding hydrogens is 540 g/mol. The highest BCUT2D eigenvalue weighted by molar-refractivity contribution is 5.68. The molecule has 0 aromatic heterocycles. The molecule has 6 rings (SSSR count). The monoisotopic (exact) mass is 576 g/mol. The second kappa shape index (κ2) is 10.8. The fourth-order valence-electron chi connectivity index (χ4n) is 7.18. The molecule has 0 amide bonds. The van der Waals surface area contributed by atoms with Crippen LogP contribution in [0.5, 0.6) is 0 Å². The predicted molar refractivity (Wildman–Crippen MR) is 148 cm³/mol. The summed E-state index contributed by atoms with van der Waals surface area (Å²) in [6.45, 7) is 6.94. The summed E-state index contributed by atoms with van der Waals surface area (Å²) < 4.78 is 44.1. The standard InChI is InChI=1S/C33H36O9/c1-6-32-24(25-26(41-31(4,5)40-25)28(32)37-18-23-15-11-8-12-16-23)27(38-20(2)34)33(30(42-33)29(32)39-21(3)35)19-36-17-22-13-9-7-10-14-22/h1,7-16,24-30H,17-19H2,2-5H3/t24-,25+,26+,27+,28+,29+,30+,32+,33-/m0/s1. The molecule has 2 saturated heterocycles. The summed E-state index contributed by atoms with van der Waals surface area (Å²) in [5, 5.41) is 0. The number of carbonyl (C=O) groups excluding carboxylic acids is 2. The summed E-state index contributed by atoms with van der Waals surface area (Å²) in [5.74, 6) is 0.291. The Hall–Kier alpha value is -3.26. The summed E-state index contributed by atoms with van der Waals surface area (Å²) in [7, 11) is 0. The number of terminal acetylenes is 1. The molecule has 4 aliphatic rings. The molecule has 2 saturated carbocycles. The number of hydrogen-bond acceptors (Lipinski definition) is 9. The van der Waals surface area contributed by atoms with Gasteiger partial charge in [0.2, 0.25) is 0 Å². The summed E-state index contributed by atoms with van der Waals surface area (Å²) >= 11 is 0. The van der Waals surface area contributed by atoms with Crippen molar-refractivity contribution in [2.75, 3.05) is 6.61 Å². The topological polar surface area (TPSA) is 102 Å². The lowest BCUT2D eigenvalue weighted by Crippen LogP contribution is -2.65. The zero-order chi connectivity index (χ0) is 29.7. The van der Waals surface area contributed by atoms with E-state index in [-0.39, 0.29) is 13.2 Å². The molecule has 9 nitrogen and oxygen atoms in total. The molecule has 9 atom stereocenters. The first-order chi connectivity index (χ1) is 20.1. The first-order valence-corrected chi connectivity index (χ1v) is 14.2. The van der Waals surface area contributed by atoms with Crippen LogP contribution in [0, 0.1) is 23.7 Å². The fraction of sp³-hybridized carbons (Fsp3) is 0.515. The zero-order valence-electron chi connectivity index (χ0n) is 24.2. The lowest BCUT2D eigenvalue weighted by Gasteiger charge is -2.48. The van der Waals surface area contributed by atoms with Crippen molar-refractivity contribution in [3.8, 4) is 12.3 Å². The van der Waals surface area contributed by atoms with Crippen LogP contribution in [0.3, 0.4) is 0 Å². The van der Waals surface area contributed by atoms with Crippen LogP contribution in [-0.2, 0) is 56.0 Å². The van der Waals surface area contributed by atoms with Crippen molar-refractivity contribution in [2.24, 2.45) is 11.3 Å². The molecule has 222 valence electrons.